The van der Waals surface area contributed by atoms with Gasteiger partial charge in [-0.05, 0) is 30.3 Å². The van der Waals surface area contributed by atoms with Gasteiger partial charge in [-0.25, -0.2) is 31.8 Å². The Morgan fingerprint density at radius 3 is 2.52 bits per heavy atom. The number of hydrogen-bond acceptors (Lipinski definition) is 5. The Morgan fingerprint density at radius 1 is 1.09 bits per heavy atom. The molecule has 118 valence electrons. The highest BCUT2D eigenvalue weighted by atomic mass is 32.2. The summed E-state index contributed by atoms with van der Waals surface area (Å²) >= 11 is 0. The third-order valence-corrected chi connectivity index (χ3v) is 4.23. The summed E-state index contributed by atoms with van der Waals surface area (Å²) in [7, 11) is -4.05. The van der Waals surface area contributed by atoms with Gasteiger partial charge in [0.25, 0.3) is 10.0 Å². The Labute approximate surface area is 129 Å². The monoisotopic (exact) mass is 337 g/mol. The number of rotatable bonds is 4. The van der Waals surface area contributed by atoms with E-state index in [1.165, 1.54) is 35.7 Å². The number of nitrogens with zero attached hydrogens (tertiary/aromatic N) is 4. The number of pyridine rings is 1. The maximum absolute atomic E-state index is 13.2. The minimum absolute atomic E-state index is 0.165. The van der Waals surface area contributed by atoms with Crippen LogP contribution < -0.4 is 4.72 Å². The van der Waals surface area contributed by atoms with Crippen LogP contribution in [0.1, 0.15) is 0 Å². The Kier molecular flexibility index (Phi) is 3.74. The predicted octanol–water partition coefficient (Wildman–Crippen LogP) is 1.74. The number of benzene rings is 1. The van der Waals surface area contributed by atoms with E-state index in [0.717, 1.165) is 12.1 Å². The molecule has 0 bridgehead atoms. The first-order chi connectivity index (χ1) is 11.0. The van der Waals surface area contributed by atoms with Gasteiger partial charge in [-0.3, -0.25) is 4.72 Å². The summed E-state index contributed by atoms with van der Waals surface area (Å²) in [5, 5.41) is 3.88. The van der Waals surface area contributed by atoms with E-state index in [9.17, 15) is 17.2 Å². The fourth-order valence-corrected chi connectivity index (χ4v) is 2.82. The van der Waals surface area contributed by atoms with Gasteiger partial charge >= 0.3 is 0 Å². The van der Waals surface area contributed by atoms with E-state index in [2.05, 4.69) is 19.8 Å². The molecular weight excluding hydrogens is 328 g/mol. The van der Waals surface area contributed by atoms with Crippen molar-refractivity contribution < 1.29 is 17.2 Å². The van der Waals surface area contributed by atoms with Gasteiger partial charge in [0, 0.05) is 0 Å². The van der Waals surface area contributed by atoms with Crippen LogP contribution in [0.4, 0.5) is 14.5 Å². The van der Waals surface area contributed by atoms with Gasteiger partial charge in [-0.15, -0.1) is 0 Å². The Morgan fingerprint density at radius 2 is 1.91 bits per heavy atom. The summed E-state index contributed by atoms with van der Waals surface area (Å²) in [6.07, 6.45) is 4.04. The third kappa shape index (κ3) is 3.16. The van der Waals surface area contributed by atoms with Crippen molar-refractivity contribution in [1.29, 1.82) is 0 Å². The lowest BCUT2D eigenvalue weighted by Gasteiger charge is -2.08. The SMILES string of the molecule is O=S(=O)(Nc1ccc(-n2cncn2)nc1)c1ccc(F)c(F)c1. The van der Waals surface area contributed by atoms with Crippen molar-refractivity contribution in [3.05, 3.63) is 60.8 Å². The van der Waals surface area contributed by atoms with Crippen LogP contribution in [0.15, 0.2) is 54.1 Å². The van der Waals surface area contributed by atoms with Crippen molar-refractivity contribution in [1.82, 2.24) is 19.7 Å². The molecule has 0 unspecified atom stereocenters. The van der Waals surface area contributed by atoms with E-state index in [1.807, 2.05) is 0 Å². The number of aromatic nitrogens is 4. The van der Waals surface area contributed by atoms with Crippen molar-refractivity contribution in [3.63, 3.8) is 0 Å². The molecule has 0 aliphatic rings. The number of sulfonamides is 1. The van der Waals surface area contributed by atoms with Gasteiger partial charge in [0.2, 0.25) is 0 Å². The van der Waals surface area contributed by atoms with E-state index in [4.69, 9.17) is 0 Å². The van der Waals surface area contributed by atoms with Crippen LogP contribution in [-0.2, 0) is 10.0 Å². The maximum atomic E-state index is 13.2. The predicted molar refractivity (Wildman–Crippen MR) is 76.3 cm³/mol. The number of nitrogens with one attached hydrogen (secondary N) is 1. The fraction of sp³-hybridized carbons (Fsp3) is 0. The second kappa shape index (κ2) is 5.72. The average molecular weight is 337 g/mol. The molecule has 2 aromatic heterocycles. The first-order valence-electron chi connectivity index (χ1n) is 6.25. The highest BCUT2D eigenvalue weighted by Crippen LogP contribution is 2.18. The lowest BCUT2D eigenvalue weighted by Crippen LogP contribution is -2.13. The molecule has 1 aromatic carbocycles. The summed E-state index contributed by atoms with van der Waals surface area (Å²) in [6.45, 7) is 0. The summed E-state index contributed by atoms with van der Waals surface area (Å²) in [5.74, 6) is -1.92. The second-order valence-electron chi connectivity index (χ2n) is 4.43. The van der Waals surface area contributed by atoms with Crippen LogP contribution in [0, 0.1) is 11.6 Å². The molecule has 3 aromatic rings. The van der Waals surface area contributed by atoms with E-state index in [-0.39, 0.29) is 5.69 Å². The first kappa shape index (κ1) is 15.0. The van der Waals surface area contributed by atoms with E-state index in [0.29, 0.717) is 11.9 Å². The zero-order valence-electron chi connectivity index (χ0n) is 11.4. The Bertz CT molecular complexity index is 928. The molecule has 0 aliphatic heterocycles. The lowest BCUT2D eigenvalue weighted by atomic mass is 10.3. The molecule has 0 aliphatic carbocycles. The minimum atomic E-state index is -4.05. The molecule has 23 heavy (non-hydrogen) atoms. The maximum Gasteiger partial charge on any atom is 0.262 e. The molecule has 0 spiro atoms. The molecule has 2 heterocycles. The summed E-state index contributed by atoms with van der Waals surface area (Å²) in [6, 6.07) is 5.31. The van der Waals surface area contributed by atoms with Gasteiger partial charge in [0.05, 0.1) is 16.8 Å². The van der Waals surface area contributed by atoms with E-state index < -0.39 is 26.6 Å². The van der Waals surface area contributed by atoms with Crippen LogP contribution >= 0.6 is 0 Å². The summed E-state index contributed by atoms with van der Waals surface area (Å²) < 4.78 is 53.9. The minimum Gasteiger partial charge on any atom is -0.278 e. The molecule has 7 nitrogen and oxygen atoms in total. The smallest absolute Gasteiger partial charge is 0.262 e. The van der Waals surface area contributed by atoms with Crippen molar-refractivity contribution in [2.75, 3.05) is 4.72 Å². The molecule has 0 amide bonds. The van der Waals surface area contributed by atoms with Crippen LogP contribution in [0.2, 0.25) is 0 Å². The van der Waals surface area contributed by atoms with Crippen molar-refractivity contribution in [2.24, 2.45) is 0 Å². The fourth-order valence-electron chi connectivity index (χ4n) is 1.77. The zero-order chi connectivity index (χ0) is 16.4. The number of hydrogen-bond donors (Lipinski definition) is 1. The molecule has 0 radical (unpaired) electrons. The first-order valence-corrected chi connectivity index (χ1v) is 7.73. The summed E-state index contributed by atoms with van der Waals surface area (Å²) in [5.41, 5.74) is 0.165. The van der Waals surface area contributed by atoms with E-state index >= 15 is 0 Å². The van der Waals surface area contributed by atoms with Crippen LogP contribution in [0.25, 0.3) is 5.82 Å². The largest absolute Gasteiger partial charge is 0.278 e. The van der Waals surface area contributed by atoms with Crippen LogP contribution in [-0.4, -0.2) is 28.2 Å². The molecule has 1 N–H and O–H groups in total. The standard InChI is InChI=1S/C13H9F2N5O2S/c14-11-3-2-10(5-12(11)15)23(21,22)19-9-1-4-13(17-6-9)20-8-16-7-18-20/h1-8,19H. The van der Waals surface area contributed by atoms with Gasteiger partial charge in [0.15, 0.2) is 17.5 Å². The highest BCUT2D eigenvalue weighted by Gasteiger charge is 2.17. The Balaban J connectivity index is 1.84. The van der Waals surface area contributed by atoms with E-state index in [1.54, 1.807) is 0 Å². The Hall–Kier alpha value is -2.88. The van der Waals surface area contributed by atoms with Gasteiger partial charge < -0.3 is 0 Å². The van der Waals surface area contributed by atoms with Crippen LogP contribution in [0.5, 0.6) is 0 Å². The molecule has 3 rings (SSSR count). The molecular formula is C13H9F2N5O2S. The quantitative estimate of drug-likeness (QED) is 0.783. The van der Waals surface area contributed by atoms with Gasteiger partial charge in [-0.2, -0.15) is 5.10 Å². The summed E-state index contributed by atoms with van der Waals surface area (Å²) in [4.78, 5) is 7.41. The molecule has 0 atom stereocenters. The second-order valence-corrected chi connectivity index (χ2v) is 6.11. The molecule has 0 saturated carbocycles. The highest BCUT2D eigenvalue weighted by molar-refractivity contribution is 7.92. The van der Waals surface area contributed by atoms with Gasteiger partial charge in [-0.1, -0.05) is 0 Å². The molecule has 10 heteroatoms. The average Bonchev–Trinajstić information content (AvgIpc) is 3.04. The lowest BCUT2D eigenvalue weighted by molar-refractivity contribution is 0.504. The van der Waals surface area contributed by atoms with Gasteiger partial charge in [0.1, 0.15) is 12.7 Å². The van der Waals surface area contributed by atoms with Crippen LogP contribution in [0.3, 0.4) is 0 Å². The van der Waals surface area contributed by atoms with Crippen molar-refractivity contribution in [3.8, 4) is 5.82 Å². The topological polar surface area (TPSA) is 89.8 Å². The van der Waals surface area contributed by atoms with Crippen molar-refractivity contribution in [2.45, 2.75) is 4.90 Å². The molecule has 0 fully saturated rings. The van der Waals surface area contributed by atoms with Crippen molar-refractivity contribution >= 4 is 15.7 Å². The molecule has 0 saturated heterocycles. The third-order valence-electron chi connectivity index (χ3n) is 2.85. The number of halogens is 2. The zero-order valence-corrected chi connectivity index (χ0v) is 12.2. The number of anilines is 1. The normalized spacial score (nSPS) is 11.4.